The summed E-state index contributed by atoms with van der Waals surface area (Å²) in [6.45, 7) is 6.80. The predicted molar refractivity (Wildman–Crippen MR) is 211 cm³/mol. The predicted octanol–water partition coefficient (Wildman–Crippen LogP) is 8.45. The maximum absolute atomic E-state index is 11.8. The number of allylic oxidation sites excluding steroid dienone is 1. The van der Waals surface area contributed by atoms with E-state index >= 15 is 0 Å². The lowest BCUT2D eigenvalue weighted by molar-refractivity contribution is -0.00437. The van der Waals surface area contributed by atoms with Crippen LogP contribution in [0.1, 0.15) is 77.5 Å². The number of ether oxygens (including phenoxy) is 2. The molecule has 0 aliphatic heterocycles. The molecule has 0 amide bonds. The number of benzene rings is 5. The first-order chi connectivity index (χ1) is 24.8. The molecule has 9 heteroatoms. The molecule has 0 unspecified atom stereocenters. The fourth-order valence-corrected chi connectivity index (χ4v) is 7.35. The maximum Gasteiger partial charge on any atom is 0.364 e. The molecule has 6 rings (SSSR count). The summed E-state index contributed by atoms with van der Waals surface area (Å²) in [6, 6.07) is 40.1. The molecule has 0 aromatic heterocycles. The molecule has 0 fully saturated rings. The van der Waals surface area contributed by atoms with Gasteiger partial charge in [0.2, 0.25) is 0 Å². The molecule has 5 aromatic carbocycles. The molecule has 0 saturated heterocycles. The molecule has 0 heterocycles. The summed E-state index contributed by atoms with van der Waals surface area (Å²) in [5.74, 6) is 1.20. The minimum absolute atomic E-state index is 0. The van der Waals surface area contributed by atoms with Crippen LogP contribution in [0.3, 0.4) is 0 Å². The second kappa shape index (κ2) is 16.4. The van der Waals surface area contributed by atoms with Gasteiger partial charge in [0, 0.05) is 28.2 Å². The lowest BCUT2D eigenvalue weighted by Crippen LogP contribution is -2.26. The van der Waals surface area contributed by atoms with Crippen molar-refractivity contribution in [1.82, 2.24) is 0 Å². The van der Waals surface area contributed by atoms with Gasteiger partial charge in [0.25, 0.3) is 5.78 Å². The van der Waals surface area contributed by atoms with E-state index < -0.39 is 15.6 Å². The van der Waals surface area contributed by atoms with E-state index in [2.05, 4.69) is 86.2 Å². The first kappa shape index (κ1) is 40.2. The Hall–Kier alpha value is -5.60. The van der Waals surface area contributed by atoms with Gasteiger partial charge >= 0.3 is 5.71 Å². The van der Waals surface area contributed by atoms with Gasteiger partial charge in [-0.1, -0.05) is 118 Å². The number of aliphatic hydroxyl groups excluding tert-OH is 1. The van der Waals surface area contributed by atoms with E-state index in [0.717, 1.165) is 29.4 Å². The summed E-state index contributed by atoms with van der Waals surface area (Å²) in [6.07, 6.45) is 2.13. The van der Waals surface area contributed by atoms with Gasteiger partial charge in [-0.3, -0.25) is 4.79 Å². The van der Waals surface area contributed by atoms with Crippen molar-refractivity contribution in [2.45, 2.75) is 45.6 Å². The third-order valence-corrected chi connectivity index (χ3v) is 11.0. The third-order valence-electron chi connectivity index (χ3n) is 9.82. The smallest absolute Gasteiger partial charge is 0.364 e. The summed E-state index contributed by atoms with van der Waals surface area (Å²) in [5.41, 5.74) is 15.4. The van der Waals surface area contributed by atoms with Gasteiger partial charge in [0.05, 0.1) is 31.8 Å². The number of carbonyl (C=O) groups excluding carboxylic acids is 1. The molecule has 1 aliphatic rings. The van der Waals surface area contributed by atoms with Crippen LogP contribution in [0.25, 0.3) is 10.4 Å². The van der Waals surface area contributed by atoms with Crippen molar-refractivity contribution in [1.29, 1.82) is 0 Å². The van der Waals surface area contributed by atoms with Crippen LogP contribution in [0.2, 0.25) is 0 Å². The van der Waals surface area contributed by atoms with Crippen molar-refractivity contribution in [3.8, 4) is 11.5 Å². The monoisotopic (exact) mass is 730 g/mol. The number of fused-ring (bicyclic) bond motifs is 1. The lowest BCUT2D eigenvalue weighted by Gasteiger charge is -2.33. The Morgan fingerprint density at radius 3 is 1.45 bits per heavy atom. The number of carbonyl (C=O) groups is 1. The van der Waals surface area contributed by atoms with Crippen molar-refractivity contribution >= 4 is 26.2 Å². The van der Waals surface area contributed by atoms with Gasteiger partial charge in [-0.15, -0.1) is 0 Å². The summed E-state index contributed by atoms with van der Waals surface area (Å²) >= 11 is 0. The van der Waals surface area contributed by atoms with Gasteiger partial charge in [-0.05, 0) is 64.6 Å². The van der Waals surface area contributed by atoms with E-state index in [-0.39, 0.29) is 41.0 Å². The number of rotatable bonds is 9. The normalized spacial score (nSPS) is 12.6. The van der Waals surface area contributed by atoms with Crippen LogP contribution in [0.15, 0.2) is 127 Å². The first-order valence-corrected chi connectivity index (χ1v) is 18.5. The number of ketones is 1. The molecule has 53 heavy (non-hydrogen) atoms. The van der Waals surface area contributed by atoms with Crippen molar-refractivity contribution in [2.24, 2.45) is 0 Å². The Morgan fingerprint density at radius 1 is 0.660 bits per heavy atom. The molecule has 0 radical (unpaired) electrons. The van der Waals surface area contributed by atoms with E-state index in [9.17, 15) is 18.3 Å². The molecule has 1 aliphatic carbocycles. The number of nitrogens with zero attached hydrogens (tertiary/aromatic N) is 2. The molecule has 0 saturated carbocycles. The average Bonchev–Trinajstić information content (AvgIpc) is 3.17. The van der Waals surface area contributed by atoms with Crippen LogP contribution >= 0.6 is 0 Å². The van der Waals surface area contributed by atoms with Crippen LogP contribution in [0, 0.1) is 0 Å². The number of hydrogen-bond donors (Lipinski definition) is 1. The molecular formula is C44H46N2O6S. The van der Waals surface area contributed by atoms with Gasteiger partial charge in [0.15, 0.2) is 9.84 Å². The summed E-state index contributed by atoms with van der Waals surface area (Å²) in [7, 11) is -0.109. The quantitative estimate of drug-likeness (QED) is 0.0922. The minimum atomic E-state index is -3.49. The molecular weight excluding hydrogens is 685 g/mol. The Kier molecular flexibility index (Phi) is 12.4. The average molecular weight is 731 g/mol. The number of Topliss-reactive ketones (excluding diaryl/α,β-unsaturated/α-hetero) is 1. The van der Waals surface area contributed by atoms with Crippen LogP contribution < -0.4 is 9.47 Å². The number of hydrogen-bond acceptors (Lipinski definition) is 6. The zero-order chi connectivity index (χ0) is 37.7. The number of aliphatic hydroxyl groups is 1. The molecule has 274 valence electrons. The van der Waals surface area contributed by atoms with Crippen molar-refractivity contribution < 1.29 is 32.6 Å². The lowest BCUT2D eigenvalue weighted by atomic mass is 9.70. The van der Waals surface area contributed by atoms with Crippen molar-refractivity contribution in [2.75, 3.05) is 20.5 Å². The summed E-state index contributed by atoms with van der Waals surface area (Å²) in [5, 5.41) is 9.39. The minimum Gasteiger partial charge on any atom is -0.497 e. The fourth-order valence-electron chi connectivity index (χ4n) is 6.44. The fraction of sp³-hybridized carbons (Fsp3) is 0.227. The highest BCUT2D eigenvalue weighted by atomic mass is 32.2. The Bertz CT molecular complexity index is 2200. The molecule has 0 atom stereocenters. The number of sulfone groups is 1. The van der Waals surface area contributed by atoms with Crippen LogP contribution in [0.4, 0.5) is 0 Å². The summed E-state index contributed by atoms with van der Waals surface area (Å²) < 4.78 is 34.0. The molecule has 0 spiro atoms. The van der Waals surface area contributed by atoms with E-state index in [4.69, 9.17) is 15.0 Å². The zero-order valence-corrected chi connectivity index (χ0v) is 30.9. The van der Waals surface area contributed by atoms with Gasteiger partial charge < -0.3 is 20.1 Å². The topological polar surface area (TPSA) is 126 Å². The molecule has 5 aromatic rings. The second-order valence-corrected chi connectivity index (χ2v) is 15.3. The van der Waals surface area contributed by atoms with Gasteiger partial charge in [0.1, 0.15) is 11.5 Å². The third kappa shape index (κ3) is 8.23. The van der Waals surface area contributed by atoms with E-state index in [1.54, 1.807) is 32.4 Å². The highest BCUT2D eigenvalue weighted by molar-refractivity contribution is 8.00. The van der Waals surface area contributed by atoms with Crippen molar-refractivity contribution in [3.63, 3.8) is 0 Å². The standard InChI is InChI=1S/C32H34O3.C11H8N2O3S.CH4/c1-31(2,24-8-6-23(22-33)7-9-24)25-10-12-26(13-11-25)32(3,27-14-18-29(34-4)19-15-27)28-16-20-30(35-5)21-17-28;1-17(15,16)10-6-9(13-12)11(14)8-5-3-2-4-7(8)10;/h6-21,33H,22H2,1-5H3;2-6H,1H3;1H4. The van der Waals surface area contributed by atoms with E-state index in [1.165, 1.54) is 33.9 Å². The molecule has 0 bridgehead atoms. The van der Waals surface area contributed by atoms with Crippen LogP contribution in [0.5, 0.6) is 11.5 Å². The Labute approximate surface area is 312 Å². The Balaban J connectivity index is 0.000000292. The summed E-state index contributed by atoms with van der Waals surface area (Å²) in [4.78, 5) is 14.6. The first-order valence-electron chi connectivity index (χ1n) is 16.7. The van der Waals surface area contributed by atoms with Crippen LogP contribution in [-0.4, -0.2) is 50.3 Å². The van der Waals surface area contributed by atoms with Crippen molar-refractivity contribution in [3.05, 3.63) is 177 Å². The molecule has 1 N–H and O–H groups in total. The van der Waals surface area contributed by atoms with Gasteiger partial charge in [-0.2, -0.15) is 4.79 Å². The second-order valence-electron chi connectivity index (χ2n) is 13.3. The maximum atomic E-state index is 11.8. The van der Waals surface area contributed by atoms with E-state index in [1.807, 2.05) is 36.4 Å². The number of methoxy groups -OCH3 is 2. The van der Waals surface area contributed by atoms with Crippen LogP contribution in [-0.2, 0) is 27.3 Å². The molecule has 8 nitrogen and oxygen atoms in total. The largest absolute Gasteiger partial charge is 0.497 e. The Morgan fingerprint density at radius 2 is 1.06 bits per heavy atom. The zero-order valence-electron chi connectivity index (χ0n) is 30.1. The SMILES string of the molecule is C.COc1ccc(C(C)(c2ccc(OC)cc2)c2ccc(C(C)(C)c3ccc(CO)cc3)cc2)cc1.CS(=O)(=O)C1=CC(=[N+]=[N-])C(=O)c2ccccc21. The highest BCUT2D eigenvalue weighted by Crippen LogP contribution is 2.41. The van der Waals surface area contributed by atoms with E-state index in [0.29, 0.717) is 5.56 Å². The highest BCUT2D eigenvalue weighted by Gasteiger charge is 2.34. The van der Waals surface area contributed by atoms with Gasteiger partial charge in [-0.25, -0.2) is 8.42 Å².